The fraction of sp³-hybridized carbons (Fsp3) is 0.278. The summed E-state index contributed by atoms with van der Waals surface area (Å²) in [5.41, 5.74) is 2.52. The van der Waals surface area contributed by atoms with Crippen LogP contribution in [0.5, 0.6) is 0 Å². The molecule has 2 amide bonds. The summed E-state index contributed by atoms with van der Waals surface area (Å²) in [6.45, 7) is 3.37. The Morgan fingerprint density at radius 2 is 2.12 bits per heavy atom. The molecule has 2 heterocycles. The topological polar surface area (TPSA) is 99.9 Å². The first-order valence-corrected chi connectivity index (χ1v) is 7.88. The lowest BCUT2D eigenvalue weighted by Crippen LogP contribution is -2.45. The molecule has 0 saturated heterocycles. The normalized spacial score (nSPS) is 19.2. The molecule has 0 fully saturated rings. The molecule has 25 heavy (non-hydrogen) atoms. The third kappa shape index (κ3) is 3.13. The molecule has 3 rings (SSSR count). The van der Waals surface area contributed by atoms with Crippen LogP contribution in [-0.4, -0.2) is 29.4 Å². The molecule has 2 aromatic rings. The standard InChI is InChI=1S/C18H18N2O5/c1-10-5-15(19-18(23)24)14-7-13(17-6-12(8-21)9-25-17)3-4-16(14)20(10)11(2)22/h3-4,6-10,15,19H,5H2,1-2H3,(H,23,24)/t10-,15+/m1/s1. The first-order chi connectivity index (χ1) is 11.9. The highest BCUT2D eigenvalue weighted by atomic mass is 16.4. The van der Waals surface area contributed by atoms with Crippen LogP contribution in [0, 0.1) is 0 Å². The molecule has 2 atom stereocenters. The molecular weight excluding hydrogens is 324 g/mol. The molecule has 7 heteroatoms. The minimum absolute atomic E-state index is 0.100. The summed E-state index contributed by atoms with van der Waals surface area (Å²) in [5, 5.41) is 11.6. The van der Waals surface area contributed by atoms with E-state index in [1.807, 2.05) is 6.92 Å². The summed E-state index contributed by atoms with van der Waals surface area (Å²) in [4.78, 5) is 35.7. The van der Waals surface area contributed by atoms with Crippen molar-refractivity contribution in [2.45, 2.75) is 32.4 Å². The molecule has 0 spiro atoms. The van der Waals surface area contributed by atoms with Gasteiger partial charge in [-0.15, -0.1) is 0 Å². The molecule has 1 aromatic heterocycles. The van der Waals surface area contributed by atoms with Crippen LogP contribution in [0.25, 0.3) is 11.3 Å². The highest BCUT2D eigenvalue weighted by Crippen LogP contribution is 2.39. The van der Waals surface area contributed by atoms with E-state index in [4.69, 9.17) is 9.52 Å². The number of nitrogens with zero attached hydrogens (tertiary/aromatic N) is 1. The Balaban J connectivity index is 2.09. The first-order valence-electron chi connectivity index (χ1n) is 7.88. The molecule has 130 valence electrons. The molecular formula is C18H18N2O5. The summed E-state index contributed by atoms with van der Waals surface area (Å²) in [5.74, 6) is 0.406. The van der Waals surface area contributed by atoms with Gasteiger partial charge in [0.1, 0.15) is 12.0 Å². The number of aldehydes is 1. The fourth-order valence-corrected chi connectivity index (χ4v) is 3.35. The van der Waals surface area contributed by atoms with Crippen LogP contribution in [0.15, 0.2) is 34.9 Å². The molecule has 1 aromatic carbocycles. The van der Waals surface area contributed by atoms with Gasteiger partial charge in [0, 0.05) is 24.2 Å². The molecule has 1 aliphatic rings. The van der Waals surface area contributed by atoms with Crippen molar-refractivity contribution in [3.63, 3.8) is 0 Å². The number of furan rings is 1. The van der Waals surface area contributed by atoms with Crippen molar-refractivity contribution in [1.82, 2.24) is 5.32 Å². The number of nitrogens with one attached hydrogen (secondary N) is 1. The van der Waals surface area contributed by atoms with E-state index in [2.05, 4.69) is 5.32 Å². The van der Waals surface area contributed by atoms with E-state index in [0.29, 0.717) is 40.8 Å². The van der Waals surface area contributed by atoms with Gasteiger partial charge in [-0.25, -0.2) is 4.79 Å². The number of hydrogen-bond donors (Lipinski definition) is 2. The summed E-state index contributed by atoms with van der Waals surface area (Å²) in [6.07, 6.45) is 1.41. The Morgan fingerprint density at radius 1 is 1.36 bits per heavy atom. The van der Waals surface area contributed by atoms with Crippen molar-refractivity contribution in [2.24, 2.45) is 0 Å². The van der Waals surface area contributed by atoms with E-state index < -0.39 is 12.1 Å². The number of amides is 2. The molecule has 7 nitrogen and oxygen atoms in total. The minimum atomic E-state index is -1.12. The molecule has 0 aliphatic carbocycles. The predicted molar refractivity (Wildman–Crippen MR) is 90.7 cm³/mol. The molecule has 0 saturated carbocycles. The van der Waals surface area contributed by atoms with Crippen molar-refractivity contribution >= 4 is 24.0 Å². The van der Waals surface area contributed by atoms with Gasteiger partial charge < -0.3 is 19.7 Å². The Labute approximate surface area is 144 Å². The van der Waals surface area contributed by atoms with Crippen molar-refractivity contribution < 1.29 is 23.9 Å². The van der Waals surface area contributed by atoms with Gasteiger partial charge in [-0.1, -0.05) is 0 Å². The summed E-state index contributed by atoms with van der Waals surface area (Å²) in [6, 6.07) is 6.42. The van der Waals surface area contributed by atoms with E-state index in [0.717, 1.165) is 0 Å². The average Bonchev–Trinajstić information content (AvgIpc) is 3.02. The van der Waals surface area contributed by atoms with E-state index >= 15 is 0 Å². The highest BCUT2D eigenvalue weighted by Gasteiger charge is 2.33. The largest absolute Gasteiger partial charge is 0.465 e. The van der Waals surface area contributed by atoms with Crippen LogP contribution in [-0.2, 0) is 4.79 Å². The molecule has 2 N–H and O–H groups in total. The number of benzene rings is 1. The second-order valence-corrected chi connectivity index (χ2v) is 6.11. The van der Waals surface area contributed by atoms with Gasteiger partial charge in [0.15, 0.2) is 6.29 Å². The van der Waals surface area contributed by atoms with E-state index in [1.54, 1.807) is 29.2 Å². The predicted octanol–water partition coefficient (Wildman–Crippen LogP) is 3.21. The second kappa shape index (κ2) is 6.43. The van der Waals surface area contributed by atoms with Gasteiger partial charge in [-0.2, -0.15) is 0 Å². The summed E-state index contributed by atoms with van der Waals surface area (Å²) < 4.78 is 5.40. The van der Waals surface area contributed by atoms with E-state index in [9.17, 15) is 14.4 Å². The molecule has 0 bridgehead atoms. The number of rotatable bonds is 3. The number of hydrogen-bond acceptors (Lipinski definition) is 4. The number of fused-ring (bicyclic) bond motifs is 1. The van der Waals surface area contributed by atoms with Gasteiger partial charge >= 0.3 is 6.09 Å². The average molecular weight is 342 g/mol. The quantitative estimate of drug-likeness (QED) is 0.834. The smallest absolute Gasteiger partial charge is 0.405 e. The van der Waals surface area contributed by atoms with Crippen molar-refractivity contribution in [1.29, 1.82) is 0 Å². The van der Waals surface area contributed by atoms with Crippen molar-refractivity contribution in [3.05, 3.63) is 41.7 Å². The molecule has 0 unspecified atom stereocenters. The van der Waals surface area contributed by atoms with Crippen LogP contribution in [0.1, 0.15) is 42.2 Å². The summed E-state index contributed by atoms with van der Waals surface area (Å²) in [7, 11) is 0. The lowest BCUT2D eigenvalue weighted by Gasteiger charge is -2.39. The Morgan fingerprint density at radius 3 is 2.72 bits per heavy atom. The molecule has 0 radical (unpaired) electrons. The van der Waals surface area contributed by atoms with Gasteiger partial charge in [-0.05, 0) is 43.2 Å². The number of carbonyl (C=O) groups excluding carboxylic acids is 2. The van der Waals surface area contributed by atoms with Gasteiger partial charge in [0.2, 0.25) is 5.91 Å². The Hall–Kier alpha value is -3.09. The second-order valence-electron chi connectivity index (χ2n) is 6.11. The first kappa shape index (κ1) is 16.8. The zero-order chi connectivity index (χ0) is 18.1. The zero-order valence-corrected chi connectivity index (χ0v) is 13.9. The fourth-order valence-electron chi connectivity index (χ4n) is 3.35. The SMILES string of the molecule is CC(=O)N1c2ccc(-c3cc(C=O)co3)cc2[C@@H](NC(=O)O)C[C@H]1C. The minimum Gasteiger partial charge on any atom is -0.465 e. The maximum atomic E-state index is 12.0. The van der Waals surface area contributed by atoms with Crippen LogP contribution in [0.2, 0.25) is 0 Å². The summed E-state index contributed by atoms with van der Waals surface area (Å²) >= 11 is 0. The van der Waals surface area contributed by atoms with Gasteiger partial charge in [0.25, 0.3) is 0 Å². The lowest BCUT2D eigenvalue weighted by atomic mass is 9.90. The van der Waals surface area contributed by atoms with Gasteiger partial charge in [-0.3, -0.25) is 9.59 Å². The van der Waals surface area contributed by atoms with Crippen LogP contribution >= 0.6 is 0 Å². The van der Waals surface area contributed by atoms with Crippen LogP contribution < -0.4 is 10.2 Å². The lowest BCUT2D eigenvalue weighted by molar-refractivity contribution is -0.117. The third-order valence-corrected chi connectivity index (χ3v) is 4.36. The maximum absolute atomic E-state index is 12.0. The maximum Gasteiger partial charge on any atom is 0.405 e. The Kier molecular flexibility index (Phi) is 4.31. The van der Waals surface area contributed by atoms with E-state index in [1.165, 1.54) is 13.2 Å². The number of carbonyl (C=O) groups is 3. The third-order valence-electron chi connectivity index (χ3n) is 4.36. The molecule has 1 aliphatic heterocycles. The number of carboxylic acid groups (broad SMARTS) is 1. The highest BCUT2D eigenvalue weighted by molar-refractivity contribution is 5.94. The van der Waals surface area contributed by atoms with E-state index in [-0.39, 0.29) is 11.9 Å². The monoisotopic (exact) mass is 342 g/mol. The number of anilines is 1. The Bertz CT molecular complexity index is 842. The van der Waals surface area contributed by atoms with Crippen LogP contribution in [0.4, 0.5) is 10.5 Å². The van der Waals surface area contributed by atoms with Crippen LogP contribution in [0.3, 0.4) is 0 Å². The van der Waals surface area contributed by atoms with Gasteiger partial charge in [0.05, 0.1) is 11.6 Å². The zero-order valence-electron chi connectivity index (χ0n) is 13.9. The van der Waals surface area contributed by atoms with Crippen molar-refractivity contribution in [2.75, 3.05) is 4.90 Å². The van der Waals surface area contributed by atoms with Crippen molar-refractivity contribution in [3.8, 4) is 11.3 Å².